The summed E-state index contributed by atoms with van der Waals surface area (Å²) in [5.41, 5.74) is 3.93. The molecule has 26 heavy (non-hydrogen) atoms. The Morgan fingerprint density at radius 3 is 2.69 bits per heavy atom. The van der Waals surface area contributed by atoms with Crippen molar-refractivity contribution in [1.82, 2.24) is 10.3 Å². The van der Waals surface area contributed by atoms with Crippen molar-refractivity contribution in [3.05, 3.63) is 53.2 Å². The number of amides is 1. The van der Waals surface area contributed by atoms with Crippen LogP contribution in [-0.4, -0.2) is 17.4 Å². The van der Waals surface area contributed by atoms with E-state index in [0.717, 1.165) is 24.1 Å². The second-order valence-electron chi connectivity index (χ2n) is 6.90. The average Bonchev–Trinajstić information content (AvgIpc) is 2.66. The summed E-state index contributed by atoms with van der Waals surface area (Å²) >= 11 is 0. The molecule has 4 heteroatoms. The van der Waals surface area contributed by atoms with Gasteiger partial charge < -0.3 is 10.6 Å². The fourth-order valence-corrected chi connectivity index (χ4v) is 2.98. The lowest BCUT2D eigenvalue weighted by molar-refractivity contribution is 0.0946. The Hall–Kier alpha value is -2.36. The standard InChI is InChI=1S/C22H31N3O/c1-5-7-11-18(6-2)15-24-22(26)19-12-9-14-23-21(19)25-20-13-8-10-16(3)17(20)4/h8-10,12-14,18H,5-7,11,15H2,1-4H3,(H,23,25)(H,24,26). The number of pyridine rings is 1. The van der Waals surface area contributed by atoms with Crippen LogP contribution in [0.3, 0.4) is 0 Å². The van der Waals surface area contributed by atoms with Crippen molar-refractivity contribution < 1.29 is 4.79 Å². The van der Waals surface area contributed by atoms with Crippen molar-refractivity contribution in [2.45, 2.75) is 53.4 Å². The van der Waals surface area contributed by atoms with Crippen LogP contribution < -0.4 is 10.6 Å². The molecule has 0 aliphatic carbocycles. The van der Waals surface area contributed by atoms with Gasteiger partial charge in [0.05, 0.1) is 5.56 Å². The minimum Gasteiger partial charge on any atom is -0.352 e. The van der Waals surface area contributed by atoms with Gasteiger partial charge >= 0.3 is 0 Å². The van der Waals surface area contributed by atoms with Crippen molar-refractivity contribution in [3.63, 3.8) is 0 Å². The number of carbonyl (C=O) groups is 1. The van der Waals surface area contributed by atoms with Crippen LogP contribution in [0.25, 0.3) is 0 Å². The van der Waals surface area contributed by atoms with Gasteiger partial charge in [0.15, 0.2) is 0 Å². The average molecular weight is 354 g/mol. The Balaban J connectivity index is 2.10. The summed E-state index contributed by atoms with van der Waals surface area (Å²) in [7, 11) is 0. The predicted molar refractivity (Wildman–Crippen MR) is 109 cm³/mol. The second-order valence-corrected chi connectivity index (χ2v) is 6.90. The van der Waals surface area contributed by atoms with Crippen LogP contribution >= 0.6 is 0 Å². The Bertz CT molecular complexity index is 727. The molecule has 0 saturated carbocycles. The number of carbonyl (C=O) groups excluding carboxylic acids is 1. The number of aryl methyl sites for hydroxylation is 1. The van der Waals surface area contributed by atoms with Crippen LogP contribution in [-0.2, 0) is 0 Å². The molecule has 1 unspecified atom stereocenters. The van der Waals surface area contributed by atoms with Crippen molar-refractivity contribution in [3.8, 4) is 0 Å². The second kappa shape index (κ2) is 9.95. The van der Waals surface area contributed by atoms with E-state index in [1.54, 1.807) is 12.3 Å². The van der Waals surface area contributed by atoms with Crippen LogP contribution in [0.1, 0.15) is 61.0 Å². The highest BCUT2D eigenvalue weighted by Gasteiger charge is 2.15. The summed E-state index contributed by atoms with van der Waals surface area (Å²) in [6.45, 7) is 9.25. The molecule has 2 N–H and O–H groups in total. The van der Waals surface area contributed by atoms with Gasteiger partial charge in [0.2, 0.25) is 0 Å². The van der Waals surface area contributed by atoms with E-state index >= 15 is 0 Å². The zero-order valence-electron chi connectivity index (χ0n) is 16.4. The van der Waals surface area contributed by atoms with Gasteiger partial charge in [-0.25, -0.2) is 4.98 Å². The fourth-order valence-electron chi connectivity index (χ4n) is 2.98. The summed E-state index contributed by atoms with van der Waals surface area (Å²) in [4.78, 5) is 17.1. The molecule has 0 bridgehead atoms. The molecule has 2 aromatic rings. The lowest BCUT2D eigenvalue weighted by atomic mass is 9.99. The van der Waals surface area contributed by atoms with Crippen molar-refractivity contribution in [2.24, 2.45) is 5.92 Å². The number of nitrogens with one attached hydrogen (secondary N) is 2. The number of hydrogen-bond acceptors (Lipinski definition) is 3. The predicted octanol–water partition coefficient (Wildman–Crippen LogP) is 5.39. The number of rotatable bonds is 9. The first-order valence-electron chi connectivity index (χ1n) is 9.63. The molecule has 0 aliphatic heterocycles. The van der Waals surface area contributed by atoms with Crippen LogP contribution in [0.2, 0.25) is 0 Å². The molecule has 0 saturated heterocycles. The minimum atomic E-state index is -0.0687. The smallest absolute Gasteiger partial charge is 0.255 e. The zero-order chi connectivity index (χ0) is 18.9. The van der Waals surface area contributed by atoms with E-state index < -0.39 is 0 Å². The lowest BCUT2D eigenvalue weighted by Crippen LogP contribution is -2.29. The first-order chi connectivity index (χ1) is 12.6. The Kier molecular flexibility index (Phi) is 7.64. The number of nitrogens with zero attached hydrogens (tertiary/aromatic N) is 1. The Morgan fingerprint density at radius 1 is 1.15 bits per heavy atom. The number of aromatic nitrogens is 1. The van der Waals surface area contributed by atoms with Crippen LogP contribution in [0.5, 0.6) is 0 Å². The first-order valence-corrected chi connectivity index (χ1v) is 9.63. The van der Waals surface area contributed by atoms with Gasteiger partial charge in [0, 0.05) is 18.4 Å². The highest BCUT2D eigenvalue weighted by molar-refractivity contribution is 5.99. The summed E-state index contributed by atoms with van der Waals surface area (Å²) in [6.07, 6.45) is 6.35. The molecule has 140 valence electrons. The van der Waals surface area contributed by atoms with Crippen molar-refractivity contribution in [2.75, 3.05) is 11.9 Å². The maximum Gasteiger partial charge on any atom is 0.255 e. The van der Waals surface area contributed by atoms with Gasteiger partial charge in [-0.05, 0) is 55.5 Å². The lowest BCUT2D eigenvalue weighted by Gasteiger charge is -2.17. The van der Waals surface area contributed by atoms with E-state index in [1.807, 2.05) is 18.2 Å². The molecule has 2 rings (SSSR count). The van der Waals surface area contributed by atoms with E-state index in [1.165, 1.54) is 18.4 Å². The number of unbranched alkanes of at least 4 members (excludes halogenated alkanes) is 1. The molecule has 1 aromatic carbocycles. The van der Waals surface area contributed by atoms with Crippen molar-refractivity contribution in [1.29, 1.82) is 0 Å². The van der Waals surface area contributed by atoms with E-state index in [2.05, 4.69) is 49.4 Å². The molecular weight excluding hydrogens is 322 g/mol. The summed E-state index contributed by atoms with van der Waals surface area (Å²) in [5, 5.41) is 6.42. The van der Waals surface area contributed by atoms with Gasteiger partial charge in [-0.2, -0.15) is 0 Å². The third kappa shape index (κ3) is 5.32. The zero-order valence-corrected chi connectivity index (χ0v) is 16.4. The molecule has 0 spiro atoms. The van der Waals surface area contributed by atoms with Gasteiger partial charge in [-0.3, -0.25) is 4.79 Å². The quantitative estimate of drug-likeness (QED) is 0.635. The Morgan fingerprint density at radius 2 is 1.96 bits per heavy atom. The van der Waals surface area contributed by atoms with Crippen LogP contribution in [0.15, 0.2) is 36.5 Å². The molecule has 0 radical (unpaired) electrons. The third-order valence-corrected chi connectivity index (χ3v) is 5.00. The van der Waals surface area contributed by atoms with Gasteiger partial charge in [-0.1, -0.05) is 45.2 Å². The van der Waals surface area contributed by atoms with E-state index in [4.69, 9.17) is 0 Å². The molecule has 1 heterocycles. The Labute approximate surface area is 157 Å². The molecule has 4 nitrogen and oxygen atoms in total. The summed E-state index contributed by atoms with van der Waals surface area (Å²) < 4.78 is 0. The van der Waals surface area contributed by atoms with Gasteiger partial charge in [0.1, 0.15) is 5.82 Å². The number of benzene rings is 1. The number of hydrogen-bond donors (Lipinski definition) is 2. The van der Waals surface area contributed by atoms with Crippen LogP contribution in [0.4, 0.5) is 11.5 Å². The van der Waals surface area contributed by atoms with Crippen molar-refractivity contribution >= 4 is 17.4 Å². The fraction of sp³-hybridized carbons (Fsp3) is 0.455. The van der Waals surface area contributed by atoms with Gasteiger partial charge in [-0.15, -0.1) is 0 Å². The first kappa shape index (κ1) is 20.0. The maximum atomic E-state index is 12.7. The van der Waals surface area contributed by atoms with Crippen LogP contribution in [0, 0.1) is 19.8 Å². The highest BCUT2D eigenvalue weighted by Crippen LogP contribution is 2.23. The maximum absolute atomic E-state index is 12.7. The number of anilines is 2. The third-order valence-electron chi connectivity index (χ3n) is 5.00. The SMILES string of the molecule is CCCCC(CC)CNC(=O)c1cccnc1Nc1cccc(C)c1C. The molecular formula is C22H31N3O. The monoisotopic (exact) mass is 353 g/mol. The normalized spacial score (nSPS) is 11.8. The summed E-state index contributed by atoms with van der Waals surface area (Å²) in [6, 6.07) is 9.72. The highest BCUT2D eigenvalue weighted by atomic mass is 16.1. The van der Waals surface area contributed by atoms with E-state index in [-0.39, 0.29) is 5.91 Å². The van der Waals surface area contributed by atoms with E-state index in [9.17, 15) is 4.79 Å². The van der Waals surface area contributed by atoms with Gasteiger partial charge in [0.25, 0.3) is 5.91 Å². The molecule has 0 fully saturated rings. The largest absolute Gasteiger partial charge is 0.352 e. The molecule has 1 aromatic heterocycles. The minimum absolute atomic E-state index is 0.0687. The molecule has 0 aliphatic rings. The summed E-state index contributed by atoms with van der Waals surface area (Å²) in [5.74, 6) is 1.06. The topological polar surface area (TPSA) is 54.0 Å². The van der Waals surface area contributed by atoms with E-state index in [0.29, 0.717) is 23.8 Å². The molecule has 1 atom stereocenters. The molecule has 1 amide bonds.